The number of nitriles is 1. The number of amides is 4. The lowest BCUT2D eigenvalue weighted by Gasteiger charge is -2.34. The van der Waals surface area contributed by atoms with E-state index in [0.717, 1.165) is 30.6 Å². The van der Waals surface area contributed by atoms with E-state index in [1.807, 2.05) is 13.0 Å². The molecule has 1 aliphatic carbocycles. The first-order valence-electron chi connectivity index (χ1n) is 9.85. The van der Waals surface area contributed by atoms with Crippen molar-refractivity contribution in [3.05, 3.63) is 35.4 Å². The molecule has 1 aromatic carbocycles. The van der Waals surface area contributed by atoms with Crippen LogP contribution in [-0.4, -0.2) is 46.8 Å². The molecule has 2 fully saturated rings. The monoisotopic (exact) mass is 382 g/mol. The van der Waals surface area contributed by atoms with Crippen LogP contribution in [0.3, 0.4) is 0 Å². The van der Waals surface area contributed by atoms with Gasteiger partial charge in [-0.05, 0) is 44.4 Å². The number of benzene rings is 1. The van der Waals surface area contributed by atoms with Gasteiger partial charge in [-0.2, -0.15) is 5.26 Å². The zero-order valence-corrected chi connectivity index (χ0v) is 16.4. The van der Waals surface area contributed by atoms with Gasteiger partial charge in [0.1, 0.15) is 12.1 Å². The summed E-state index contributed by atoms with van der Waals surface area (Å²) in [5.41, 5.74) is -0.186. The summed E-state index contributed by atoms with van der Waals surface area (Å²) < 4.78 is 0. The fourth-order valence-electron chi connectivity index (χ4n) is 4.17. The van der Waals surface area contributed by atoms with Crippen molar-refractivity contribution in [3.8, 4) is 6.07 Å². The predicted octanol–water partition coefficient (Wildman–Crippen LogP) is 2.51. The summed E-state index contributed by atoms with van der Waals surface area (Å²) in [6.45, 7) is 3.87. The molecule has 0 spiro atoms. The summed E-state index contributed by atoms with van der Waals surface area (Å²) in [5.74, 6) is -0.641. The summed E-state index contributed by atoms with van der Waals surface area (Å²) in [4.78, 5) is 41.2. The second-order valence-corrected chi connectivity index (χ2v) is 7.61. The van der Waals surface area contributed by atoms with Crippen LogP contribution < -0.4 is 5.32 Å². The number of likely N-dealkylation sites (N-methyl/N-ethyl adjacent to an activating group) is 1. The Hall–Kier alpha value is -2.88. The molecule has 7 heteroatoms. The Labute approximate surface area is 165 Å². The van der Waals surface area contributed by atoms with Gasteiger partial charge in [-0.15, -0.1) is 0 Å². The normalized spacial score (nSPS) is 22.7. The molecule has 2 aliphatic rings. The minimum absolute atomic E-state index is 0.192. The first-order chi connectivity index (χ1) is 13.4. The lowest BCUT2D eigenvalue weighted by atomic mass is 9.91. The Morgan fingerprint density at radius 2 is 1.89 bits per heavy atom. The molecule has 28 heavy (non-hydrogen) atoms. The molecule has 1 unspecified atom stereocenters. The van der Waals surface area contributed by atoms with Crippen molar-refractivity contribution in [1.82, 2.24) is 15.1 Å². The molecule has 1 heterocycles. The molecule has 1 aromatic rings. The smallest absolute Gasteiger partial charge is 0.325 e. The predicted molar refractivity (Wildman–Crippen MR) is 103 cm³/mol. The Morgan fingerprint density at radius 3 is 2.46 bits per heavy atom. The van der Waals surface area contributed by atoms with Gasteiger partial charge in [0.05, 0.1) is 11.6 Å². The van der Waals surface area contributed by atoms with Gasteiger partial charge in [-0.25, -0.2) is 4.79 Å². The summed E-state index contributed by atoms with van der Waals surface area (Å²) >= 11 is 0. The fourth-order valence-corrected chi connectivity index (χ4v) is 4.17. The zero-order chi connectivity index (χ0) is 20.3. The summed E-state index contributed by atoms with van der Waals surface area (Å²) in [6.07, 6.45) is 5.35. The molecule has 4 amide bonds. The molecule has 1 saturated heterocycles. The first-order valence-corrected chi connectivity index (χ1v) is 9.85. The molecular weight excluding hydrogens is 356 g/mol. The van der Waals surface area contributed by atoms with Crippen molar-refractivity contribution in [2.45, 2.75) is 57.5 Å². The minimum atomic E-state index is -1.24. The van der Waals surface area contributed by atoms with Gasteiger partial charge in [-0.3, -0.25) is 14.5 Å². The third kappa shape index (κ3) is 3.59. The molecule has 7 nitrogen and oxygen atoms in total. The average Bonchev–Trinajstić information content (AvgIpc) is 2.93. The lowest BCUT2D eigenvalue weighted by molar-refractivity contribution is -0.140. The number of carbonyl (C=O) groups excluding carboxylic acids is 3. The van der Waals surface area contributed by atoms with Gasteiger partial charge in [0, 0.05) is 12.6 Å². The standard InChI is InChI=1S/C21H26N4O3/c1-3-24(17-7-5-4-6-8-17)18(26)14-25-19(27)21(2,23-20(25)28)16-11-9-15(13-22)10-12-16/h9-12,17H,3-8,14H2,1-2H3,(H,23,28). The molecular formula is C21H26N4O3. The fraction of sp³-hybridized carbons (Fsp3) is 0.524. The van der Waals surface area contributed by atoms with Gasteiger partial charge in [0.15, 0.2) is 0 Å². The summed E-state index contributed by atoms with van der Waals surface area (Å²) in [5, 5.41) is 11.6. The van der Waals surface area contributed by atoms with Crippen LogP contribution in [0.25, 0.3) is 0 Å². The largest absolute Gasteiger partial charge is 0.338 e. The van der Waals surface area contributed by atoms with Crippen molar-refractivity contribution < 1.29 is 14.4 Å². The van der Waals surface area contributed by atoms with Crippen LogP contribution in [-0.2, 0) is 15.1 Å². The molecule has 0 bridgehead atoms. The summed E-state index contributed by atoms with van der Waals surface area (Å²) in [6, 6.07) is 8.18. The molecule has 1 saturated carbocycles. The van der Waals surface area contributed by atoms with Crippen LogP contribution in [0.1, 0.15) is 57.1 Å². The van der Waals surface area contributed by atoms with Gasteiger partial charge < -0.3 is 10.2 Å². The number of rotatable bonds is 5. The van der Waals surface area contributed by atoms with E-state index in [1.165, 1.54) is 6.42 Å². The van der Waals surface area contributed by atoms with Crippen LogP contribution >= 0.6 is 0 Å². The van der Waals surface area contributed by atoms with Crippen LogP contribution in [0.15, 0.2) is 24.3 Å². The number of hydrogen-bond acceptors (Lipinski definition) is 4. The molecule has 3 rings (SSSR count). The Bertz CT molecular complexity index is 808. The van der Waals surface area contributed by atoms with Crippen molar-refractivity contribution in [2.24, 2.45) is 0 Å². The number of nitrogens with zero attached hydrogens (tertiary/aromatic N) is 3. The number of carbonyl (C=O) groups is 3. The SMILES string of the molecule is CCN(C(=O)CN1C(=O)NC(C)(c2ccc(C#N)cc2)C1=O)C1CCCCC1. The van der Waals surface area contributed by atoms with Crippen molar-refractivity contribution in [1.29, 1.82) is 5.26 Å². The Morgan fingerprint density at radius 1 is 1.25 bits per heavy atom. The van der Waals surface area contributed by atoms with E-state index in [0.29, 0.717) is 17.7 Å². The van der Waals surface area contributed by atoms with E-state index in [1.54, 1.807) is 36.1 Å². The topological polar surface area (TPSA) is 93.5 Å². The van der Waals surface area contributed by atoms with E-state index >= 15 is 0 Å². The molecule has 148 valence electrons. The van der Waals surface area contributed by atoms with Crippen molar-refractivity contribution >= 4 is 17.8 Å². The van der Waals surface area contributed by atoms with Crippen molar-refractivity contribution in [3.63, 3.8) is 0 Å². The lowest BCUT2D eigenvalue weighted by Crippen LogP contribution is -2.48. The van der Waals surface area contributed by atoms with Crippen LogP contribution in [0.4, 0.5) is 4.79 Å². The van der Waals surface area contributed by atoms with Gasteiger partial charge in [0.2, 0.25) is 5.91 Å². The maximum Gasteiger partial charge on any atom is 0.325 e. The second kappa shape index (κ2) is 8.01. The van der Waals surface area contributed by atoms with E-state index in [2.05, 4.69) is 5.32 Å². The highest BCUT2D eigenvalue weighted by Crippen LogP contribution is 2.29. The third-order valence-corrected chi connectivity index (χ3v) is 5.84. The van der Waals surface area contributed by atoms with Crippen LogP contribution in [0.2, 0.25) is 0 Å². The quantitative estimate of drug-likeness (QED) is 0.792. The van der Waals surface area contributed by atoms with Gasteiger partial charge in [-0.1, -0.05) is 31.4 Å². The van der Waals surface area contributed by atoms with Gasteiger partial charge >= 0.3 is 6.03 Å². The van der Waals surface area contributed by atoms with E-state index in [-0.39, 0.29) is 18.5 Å². The number of nitrogens with one attached hydrogen (secondary N) is 1. The Kier molecular flexibility index (Phi) is 5.68. The van der Waals surface area contributed by atoms with Crippen LogP contribution in [0, 0.1) is 11.3 Å². The maximum absolute atomic E-state index is 13.0. The maximum atomic E-state index is 13.0. The minimum Gasteiger partial charge on any atom is -0.338 e. The first kappa shape index (κ1) is 19.9. The summed E-state index contributed by atoms with van der Waals surface area (Å²) in [7, 11) is 0. The van der Waals surface area contributed by atoms with Gasteiger partial charge in [0.25, 0.3) is 5.91 Å². The van der Waals surface area contributed by atoms with Crippen LogP contribution in [0.5, 0.6) is 0 Å². The third-order valence-electron chi connectivity index (χ3n) is 5.84. The number of urea groups is 1. The molecule has 1 N–H and O–H groups in total. The highest BCUT2D eigenvalue weighted by Gasteiger charge is 2.49. The Balaban J connectivity index is 1.75. The number of imide groups is 1. The van der Waals surface area contributed by atoms with E-state index in [4.69, 9.17) is 5.26 Å². The second-order valence-electron chi connectivity index (χ2n) is 7.61. The highest BCUT2D eigenvalue weighted by molar-refractivity contribution is 6.09. The molecule has 0 radical (unpaired) electrons. The zero-order valence-electron chi connectivity index (χ0n) is 16.4. The highest BCUT2D eigenvalue weighted by atomic mass is 16.2. The van der Waals surface area contributed by atoms with E-state index < -0.39 is 17.5 Å². The van der Waals surface area contributed by atoms with Crippen molar-refractivity contribution in [2.75, 3.05) is 13.1 Å². The van der Waals surface area contributed by atoms with E-state index in [9.17, 15) is 14.4 Å². The molecule has 1 atom stereocenters. The number of hydrogen-bond donors (Lipinski definition) is 1. The average molecular weight is 382 g/mol. The molecule has 0 aromatic heterocycles. The molecule has 1 aliphatic heterocycles.